The van der Waals surface area contributed by atoms with E-state index < -0.39 is 28.0 Å². The van der Waals surface area contributed by atoms with Gasteiger partial charge in [0.2, 0.25) is 5.60 Å². The van der Waals surface area contributed by atoms with Crippen LogP contribution in [0.1, 0.15) is 6.42 Å². The SMILES string of the molecule is COS(=O)(=O)OC1(C(=O)O)C=CC(N)C1. The van der Waals surface area contributed by atoms with E-state index in [2.05, 4.69) is 8.37 Å². The van der Waals surface area contributed by atoms with Gasteiger partial charge in [-0.15, -0.1) is 0 Å². The van der Waals surface area contributed by atoms with Gasteiger partial charge in [0.1, 0.15) is 0 Å². The predicted octanol–water partition coefficient (Wildman–Crippen LogP) is -0.995. The second kappa shape index (κ2) is 3.89. The van der Waals surface area contributed by atoms with Gasteiger partial charge in [-0.05, 0) is 6.08 Å². The van der Waals surface area contributed by atoms with Crippen molar-refractivity contribution in [1.82, 2.24) is 0 Å². The Labute approximate surface area is 86.8 Å². The highest BCUT2D eigenvalue weighted by Crippen LogP contribution is 2.28. The average molecular weight is 237 g/mol. The van der Waals surface area contributed by atoms with E-state index in [1.807, 2.05) is 0 Å². The number of nitrogens with two attached hydrogens (primary N) is 1. The number of carboxylic acid groups (broad SMARTS) is 1. The minimum atomic E-state index is -4.32. The normalized spacial score (nSPS) is 30.7. The highest BCUT2D eigenvalue weighted by molar-refractivity contribution is 7.81. The first-order valence-corrected chi connectivity index (χ1v) is 5.34. The predicted molar refractivity (Wildman–Crippen MR) is 49.1 cm³/mol. The fourth-order valence-electron chi connectivity index (χ4n) is 1.24. The fourth-order valence-corrected chi connectivity index (χ4v) is 1.86. The van der Waals surface area contributed by atoms with Crippen LogP contribution in [0.3, 0.4) is 0 Å². The van der Waals surface area contributed by atoms with Crippen LogP contribution >= 0.6 is 0 Å². The van der Waals surface area contributed by atoms with Crippen LogP contribution in [0.2, 0.25) is 0 Å². The van der Waals surface area contributed by atoms with Gasteiger partial charge in [-0.1, -0.05) is 6.08 Å². The second-order valence-electron chi connectivity index (χ2n) is 3.08. The van der Waals surface area contributed by atoms with Crippen molar-refractivity contribution in [2.24, 2.45) is 5.73 Å². The third-order valence-corrected chi connectivity index (χ3v) is 2.88. The van der Waals surface area contributed by atoms with E-state index >= 15 is 0 Å². The van der Waals surface area contributed by atoms with Crippen LogP contribution in [0.5, 0.6) is 0 Å². The molecule has 0 spiro atoms. The maximum Gasteiger partial charge on any atom is 0.401 e. The second-order valence-corrected chi connectivity index (χ2v) is 4.40. The summed E-state index contributed by atoms with van der Waals surface area (Å²) in [5.74, 6) is -1.42. The summed E-state index contributed by atoms with van der Waals surface area (Å²) in [4.78, 5) is 10.9. The summed E-state index contributed by atoms with van der Waals surface area (Å²) < 4.78 is 30.5. The average Bonchev–Trinajstić information content (AvgIpc) is 2.48. The molecule has 0 aromatic rings. The molecule has 0 amide bonds. The fraction of sp³-hybridized carbons (Fsp3) is 0.571. The molecule has 0 saturated heterocycles. The van der Waals surface area contributed by atoms with Gasteiger partial charge in [0.05, 0.1) is 7.11 Å². The molecule has 0 aromatic heterocycles. The van der Waals surface area contributed by atoms with Crippen LogP contribution < -0.4 is 5.73 Å². The lowest BCUT2D eigenvalue weighted by atomic mass is 10.0. The lowest BCUT2D eigenvalue weighted by Gasteiger charge is -2.21. The van der Waals surface area contributed by atoms with Crippen molar-refractivity contribution >= 4 is 16.4 Å². The third kappa shape index (κ3) is 2.53. The van der Waals surface area contributed by atoms with Crippen molar-refractivity contribution in [1.29, 1.82) is 0 Å². The summed E-state index contributed by atoms with van der Waals surface area (Å²) >= 11 is 0. The van der Waals surface area contributed by atoms with Crippen molar-refractivity contribution < 1.29 is 26.7 Å². The number of hydrogen-bond donors (Lipinski definition) is 2. The Morgan fingerprint density at radius 1 is 1.67 bits per heavy atom. The topological polar surface area (TPSA) is 116 Å². The Balaban J connectivity index is 2.96. The molecule has 8 heteroatoms. The number of carbonyl (C=O) groups is 1. The summed E-state index contributed by atoms with van der Waals surface area (Å²) in [7, 11) is -3.44. The van der Waals surface area contributed by atoms with E-state index in [9.17, 15) is 13.2 Å². The molecule has 15 heavy (non-hydrogen) atoms. The molecule has 2 unspecified atom stereocenters. The van der Waals surface area contributed by atoms with Crippen molar-refractivity contribution in [2.45, 2.75) is 18.1 Å². The van der Waals surface area contributed by atoms with Crippen molar-refractivity contribution in [3.05, 3.63) is 12.2 Å². The number of hydrogen-bond acceptors (Lipinski definition) is 6. The van der Waals surface area contributed by atoms with Crippen molar-refractivity contribution in [2.75, 3.05) is 7.11 Å². The molecule has 0 aromatic carbocycles. The molecule has 0 bridgehead atoms. The summed E-state index contributed by atoms with van der Waals surface area (Å²) in [6.45, 7) is 0. The van der Waals surface area contributed by atoms with Gasteiger partial charge < -0.3 is 10.8 Å². The van der Waals surface area contributed by atoms with Crippen LogP contribution in [0.25, 0.3) is 0 Å². The van der Waals surface area contributed by atoms with Crippen molar-refractivity contribution in [3.8, 4) is 0 Å². The monoisotopic (exact) mass is 237 g/mol. The zero-order valence-corrected chi connectivity index (χ0v) is 8.73. The van der Waals surface area contributed by atoms with Gasteiger partial charge in [-0.3, -0.25) is 4.18 Å². The molecule has 0 aliphatic heterocycles. The summed E-state index contributed by atoms with van der Waals surface area (Å²) in [5, 5.41) is 8.89. The molecule has 1 rings (SSSR count). The Morgan fingerprint density at radius 2 is 2.27 bits per heavy atom. The molecule has 7 nitrogen and oxygen atoms in total. The number of carboxylic acids is 1. The molecule has 0 fully saturated rings. The Morgan fingerprint density at radius 3 is 2.60 bits per heavy atom. The molecule has 0 heterocycles. The van der Waals surface area contributed by atoms with Gasteiger partial charge in [-0.25, -0.2) is 8.98 Å². The Hall–Kier alpha value is -0.960. The summed E-state index contributed by atoms with van der Waals surface area (Å²) in [6, 6.07) is -0.548. The quantitative estimate of drug-likeness (QED) is 0.602. The van der Waals surface area contributed by atoms with E-state index in [4.69, 9.17) is 10.8 Å². The minimum absolute atomic E-state index is 0.148. The van der Waals surface area contributed by atoms with Crippen LogP contribution in [0.4, 0.5) is 0 Å². The largest absolute Gasteiger partial charge is 0.479 e. The maximum absolute atomic E-state index is 11.0. The van der Waals surface area contributed by atoms with E-state index in [1.165, 1.54) is 6.08 Å². The van der Waals surface area contributed by atoms with E-state index in [0.717, 1.165) is 13.2 Å². The molecule has 0 radical (unpaired) electrons. The van der Waals surface area contributed by atoms with Crippen LogP contribution in [0, 0.1) is 0 Å². The molecule has 86 valence electrons. The van der Waals surface area contributed by atoms with Crippen LogP contribution in [-0.2, 0) is 23.6 Å². The van der Waals surface area contributed by atoms with E-state index in [1.54, 1.807) is 0 Å². The minimum Gasteiger partial charge on any atom is -0.479 e. The maximum atomic E-state index is 11.0. The first-order valence-electron chi connectivity index (χ1n) is 4.01. The van der Waals surface area contributed by atoms with E-state index in [0.29, 0.717) is 0 Å². The van der Waals surface area contributed by atoms with Crippen LogP contribution in [-0.4, -0.2) is 38.2 Å². The molecular weight excluding hydrogens is 226 g/mol. The smallest absolute Gasteiger partial charge is 0.401 e. The van der Waals surface area contributed by atoms with Gasteiger partial charge in [0, 0.05) is 12.5 Å². The van der Waals surface area contributed by atoms with Crippen molar-refractivity contribution in [3.63, 3.8) is 0 Å². The van der Waals surface area contributed by atoms with Gasteiger partial charge >= 0.3 is 16.4 Å². The number of rotatable bonds is 4. The Kier molecular flexibility index (Phi) is 3.14. The Bertz CT molecular complexity index is 388. The summed E-state index contributed by atoms with van der Waals surface area (Å²) in [6.07, 6.45) is 2.33. The van der Waals surface area contributed by atoms with Gasteiger partial charge in [-0.2, -0.15) is 8.42 Å². The summed E-state index contributed by atoms with van der Waals surface area (Å²) in [5.41, 5.74) is 3.49. The zero-order valence-electron chi connectivity index (χ0n) is 7.91. The highest BCUT2D eigenvalue weighted by Gasteiger charge is 2.46. The molecule has 0 saturated carbocycles. The first kappa shape index (κ1) is 12.1. The zero-order chi connectivity index (χ0) is 11.7. The lowest BCUT2D eigenvalue weighted by Crippen LogP contribution is -2.42. The molecule has 2 atom stereocenters. The highest BCUT2D eigenvalue weighted by atomic mass is 32.3. The van der Waals surface area contributed by atoms with Crippen LogP contribution in [0.15, 0.2) is 12.2 Å². The van der Waals surface area contributed by atoms with E-state index in [-0.39, 0.29) is 6.42 Å². The molecule has 3 N–H and O–H groups in total. The first-order chi connectivity index (χ1) is 6.81. The lowest BCUT2D eigenvalue weighted by molar-refractivity contribution is -0.151. The standard InChI is InChI=1S/C7H11NO6S/c1-13-15(11,12)14-7(6(9)10)3-2-5(8)4-7/h2-3,5H,4,8H2,1H3,(H,9,10). The van der Waals surface area contributed by atoms with Gasteiger partial charge in [0.25, 0.3) is 0 Å². The molecule has 1 aliphatic carbocycles. The van der Waals surface area contributed by atoms with Gasteiger partial charge in [0.15, 0.2) is 0 Å². The molecule has 1 aliphatic rings. The third-order valence-electron chi connectivity index (χ3n) is 1.97. The number of aliphatic carboxylic acids is 1. The molecular formula is C7H11NO6S.